The molecule has 29 heavy (non-hydrogen) atoms. The van der Waals surface area contributed by atoms with Crippen molar-refractivity contribution in [3.63, 3.8) is 0 Å². The Morgan fingerprint density at radius 1 is 1.03 bits per heavy atom. The second-order valence-electron chi connectivity index (χ2n) is 7.42. The van der Waals surface area contributed by atoms with Gasteiger partial charge in [0.1, 0.15) is 23.4 Å². The first-order valence-corrected chi connectivity index (χ1v) is 9.63. The molecule has 1 heterocycles. The van der Waals surface area contributed by atoms with E-state index in [1.165, 1.54) is 6.07 Å². The number of Topliss-reactive ketones (excluding diaryl/α,β-unsaturated/α-hetero) is 1. The number of ether oxygens (including phenoxy) is 1. The SMILES string of the molecule is CC(C)[C@@H]1CCc2c(O)cc(O)cc2O1.CCCC(=O)c1cc(O)c(O)c(O)c1. The largest absolute Gasteiger partial charge is 0.508 e. The molecule has 0 saturated heterocycles. The number of phenolic OH excluding ortho intramolecular Hbond substituents is 5. The van der Waals surface area contributed by atoms with E-state index in [4.69, 9.17) is 20.1 Å². The summed E-state index contributed by atoms with van der Waals surface area (Å²) in [6, 6.07) is 5.22. The van der Waals surface area contributed by atoms with Crippen LogP contribution < -0.4 is 4.74 Å². The van der Waals surface area contributed by atoms with Crippen LogP contribution in [-0.4, -0.2) is 37.4 Å². The molecule has 7 nitrogen and oxygen atoms in total. The van der Waals surface area contributed by atoms with Crippen LogP contribution in [0.1, 0.15) is 56.0 Å². The Morgan fingerprint density at radius 2 is 1.66 bits per heavy atom. The molecule has 3 rings (SSSR count). The Balaban J connectivity index is 0.000000208. The Labute approximate surface area is 169 Å². The van der Waals surface area contributed by atoms with Crippen LogP contribution in [0.3, 0.4) is 0 Å². The van der Waals surface area contributed by atoms with Crippen molar-refractivity contribution in [2.45, 2.75) is 52.6 Å². The minimum atomic E-state index is -0.599. The molecule has 158 valence electrons. The highest BCUT2D eigenvalue weighted by atomic mass is 16.5. The van der Waals surface area contributed by atoms with Gasteiger partial charge in [-0.05, 0) is 37.3 Å². The van der Waals surface area contributed by atoms with E-state index in [-0.39, 0.29) is 28.9 Å². The van der Waals surface area contributed by atoms with Gasteiger partial charge in [-0.1, -0.05) is 20.8 Å². The van der Waals surface area contributed by atoms with Gasteiger partial charge in [-0.2, -0.15) is 0 Å². The molecule has 2 aromatic carbocycles. The number of aromatic hydroxyl groups is 5. The Hall–Kier alpha value is -3.09. The summed E-state index contributed by atoms with van der Waals surface area (Å²) in [5, 5.41) is 46.3. The second-order valence-corrected chi connectivity index (χ2v) is 7.42. The molecule has 0 radical (unpaired) electrons. The predicted octanol–water partition coefficient (Wildman–Crippen LogP) is 4.23. The molecule has 0 aromatic heterocycles. The summed E-state index contributed by atoms with van der Waals surface area (Å²) in [5.41, 5.74) is 1.02. The quantitative estimate of drug-likeness (QED) is 0.381. The van der Waals surface area contributed by atoms with Gasteiger partial charge in [-0.15, -0.1) is 0 Å². The van der Waals surface area contributed by atoms with Crippen molar-refractivity contribution >= 4 is 5.78 Å². The topological polar surface area (TPSA) is 127 Å². The molecule has 7 heteroatoms. The summed E-state index contributed by atoms with van der Waals surface area (Å²) in [6.45, 7) is 6.08. The zero-order chi connectivity index (χ0) is 21.7. The Morgan fingerprint density at radius 3 is 2.21 bits per heavy atom. The van der Waals surface area contributed by atoms with Crippen molar-refractivity contribution in [1.82, 2.24) is 0 Å². The fraction of sp³-hybridized carbons (Fsp3) is 0.409. The predicted molar refractivity (Wildman–Crippen MR) is 108 cm³/mol. The fourth-order valence-corrected chi connectivity index (χ4v) is 3.09. The average Bonchev–Trinajstić information content (AvgIpc) is 2.65. The third-order valence-corrected chi connectivity index (χ3v) is 4.74. The van der Waals surface area contributed by atoms with Crippen LogP contribution in [-0.2, 0) is 6.42 Å². The zero-order valence-electron chi connectivity index (χ0n) is 16.8. The maximum absolute atomic E-state index is 11.4. The van der Waals surface area contributed by atoms with Crippen molar-refractivity contribution < 1.29 is 35.1 Å². The molecular formula is C22H28O7. The van der Waals surface area contributed by atoms with E-state index < -0.39 is 17.2 Å². The van der Waals surface area contributed by atoms with E-state index in [9.17, 15) is 15.0 Å². The highest BCUT2D eigenvalue weighted by molar-refractivity contribution is 5.97. The van der Waals surface area contributed by atoms with Crippen molar-refractivity contribution in [3.05, 3.63) is 35.4 Å². The van der Waals surface area contributed by atoms with Crippen molar-refractivity contribution in [2.75, 3.05) is 0 Å². The highest BCUT2D eigenvalue weighted by Crippen LogP contribution is 2.39. The number of benzene rings is 2. The number of carbonyl (C=O) groups is 1. The van der Waals surface area contributed by atoms with E-state index in [2.05, 4.69) is 13.8 Å². The van der Waals surface area contributed by atoms with E-state index >= 15 is 0 Å². The first-order valence-electron chi connectivity index (χ1n) is 9.63. The first kappa shape index (κ1) is 22.2. The maximum atomic E-state index is 11.4. The van der Waals surface area contributed by atoms with Gasteiger partial charge in [0.25, 0.3) is 0 Å². The minimum absolute atomic E-state index is 0.0515. The van der Waals surface area contributed by atoms with Gasteiger partial charge >= 0.3 is 0 Å². The van der Waals surface area contributed by atoms with Crippen molar-refractivity contribution in [1.29, 1.82) is 0 Å². The summed E-state index contributed by atoms with van der Waals surface area (Å²) < 4.78 is 5.74. The van der Waals surface area contributed by atoms with Gasteiger partial charge in [0, 0.05) is 29.7 Å². The van der Waals surface area contributed by atoms with Gasteiger partial charge in [-0.25, -0.2) is 0 Å². The summed E-state index contributed by atoms with van der Waals surface area (Å²) in [7, 11) is 0. The molecule has 0 saturated carbocycles. The van der Waals surface area contributed by atoms with E-state index in [0.29, 0.717) is 24.5 Å². The van der Waals surface area contributed by atoms with Crippen LogP contribution in [0.4, 0.5) is 0 Å². The number of hydrogen-bond acceptors (Lipinski definition) is 7. The van der Waals surface area contributed by atoms with Gasteiger partial charge in [0.05, 0.1) is 0 Å². The van der Waals surface area contributed by atoms with Crippen molar-refractivity contribution in [3.8, 4) is 34.5 Å². The summed E-state index contributed by atoms with van der Waals surface area (Å²) in [4.78, 5) is 11.4. The molecule has 5 N–H and O–H groups in total. The molecule has 0 bridgehead atoms. The Bertz CT molecular complexity index is 851. The maximum Gasteiger partial charge on any atom is 0.200 e. The van der Waals surface area contributed by atoms with Gasteiger partial charge in [0.15, 0.2) is 23.0 Å². The first-order chi connectivity index (χ1) is 13.6. The van der Waals surface area contributed by atoms with E-state index in [0.717, 1.165) is 30.5 Å². The molecule has 0 unspecified atom stereocenters. The molecule has 0 amide bonds. The van der Waals surface area contributed by atoms with Crippen LogP contribution >= 0.6 is 0 Å². The van der Waals surface area contributed by atoms with Crippen LogP contribution in [0, 0.1) is 5.92 Å². The number of hydrogen-bond donors (Lipinski definition) is 5. The van der Waals surface area contributed by atoms with Gasteiger partial charge < -0.3 is 30.3 Å². The van der Waals surface area contributed by atoms with E-state index in [1.54, 1.807) is 6.07 Å². The van der Waals surface area contributed by atoms with Crippen molar-refractivity contribution in [2.24, 2.45) is 5.92 Å². The lowest BCUT2D eigenvalue weighted by molar-refractivity contribution is 0.0981. The third kappa shape index (κ3) is 5.47. The summed E-state index contributed by atoms with van der Waals surface area (Å²) in [5.74, 6) is -0.479. The normalized spacial score (nSPS) is 15.1. The average molecular weight is 404 g/mol. The van der Waals surface area contributed by atoms with E-state index in [1.807, 2.05) is 6.92 Å². The standard InChI is InChI=1S/C12H16O3.C10H12O4/c1-7(2)11-4-3-9-10(14)5-8(13)6-12(9)15-11;1-2-3-7(11)6-4-8(12)10(14)9(13)5-6/h5-7,11,13-14H,3-4H2,1-2H3;4-5,12-14H,2-3H2,1H3/t11-;/m0./s1. The lowest BCUT2D eigenvalue weighted by Gasteiger charge is -2.29. The second kappa shape index (κ2) is 9.41. The number of phenols is 5. The fourth-order valence-electron chi connectivity index (χ4n) is 3.09. The van der Waals surface area contributed by atoms with Crippen LogP contribution in [0.15, 0.2) is 24.3 Å². The highest BCUT2D eigenvalue weighted by Gasteiger charge is 2.24. The molecular weight excluding hydrogens is 376 g/mol. The lowest BCUT2D eigenvalue weighted by Crippen LogP contribution is -2.27. The molecule has 0 fully saturated rings. The molecule has 1 atom stereocenters. The molecule has 0 aliphatic carbocycles. The summed E-state index contributed by atoms with van der Waals surface area (Å²) in [6.07, 6.45) is 2.96. The van der Waals surface area contributed by atoms with Crippen LogP contribution in [0.2, 0.25) is 0 Å². The third-order valence-electron chi connectivity index (χ3n) is 4.74. The van der Waals surface area contributed by atoms with Gasteiger partial charge in [-0.3, -0.25) is 4.79 Å². The number of ketones is 1. The summed E-state index contributed by atoms with van der Waals surface area (Å²) >= 11 is 0. The molecule has 2 aromatic rings. The molecule has 0 spiro atoms. The van der Waals surface area contributed by atoms with Crippen LogP contribution in [0.5, 0.6) is 34.5 Å². The lowest BCUT2D eigenvalue weighted by atomic mass is 9.95. The number of fused-ring (bicyclic) bond motifs is 1. The van der Waals surface area contributed by atoms with Crippen LogP contribution in [0.25, 0.3) is 0 Å². The number of rotatable bonds is 4. The minimum Gasteiger partial charge on any atom is -0.508 e. The molecule has 1 aliphatic rings. The monoisotopic (exact) mass is 404 g/mol. The smallest absolute Gasteiger partial charge is 0.200 e. The zero-order valence-corrected chi connectivity index (χ0v) is 16.8. The Kier molecular flexibility index (Phi) is 7.20. The number of carbonyl (C=O) groups excluding carboxylic acids is 1. The molecule has 1 aliphatic heterocycles. The van der Waals surface area contributed by atoms with Gasteiger partial charge in [0.2, 0.25) is 0 Å².